The van der Waals surface area contributed by atoms with Gasteiger partial charge in [0.1, 0.15) is 5.76 Å². The zero-order valence-corrected chi connectivity index (χ0v) is 13.8. The Bertz CT molecular complexity index is 732. The number of furan rings is 1. The quantitative estimate of drug-likeness (QED) is 0.579. The number of carbonyl (C=O) groups is 2. The molecule has 26 heavy (non-hydrogen) atoms. The molecule has 2 rings (SSSR count). The standard InChI is InChI=1S/C17H17F3N2O4/c1-2-25-15(24)16(17(18,19)20,21-11-13-9-6-10-26-13)22-14(23)12-7-4-3-5-8-12/h3-10,21H,2,11H2,1H3,(H,22,23)/t16-/m1/s1. The molecule has 1 atom stereocenters. The third-order valence-electron chi connectivity index (χ3n) is 3.45. The first-order chi connectivity index (χ1) is 12.3. The number of hydrogen-bond acceptors (Lipinski definition) is 5. The van der Waals surface area contributed by atoms with Gasteiger partial charge < -0.3 is 14.5 Å². The van der Waals surface area contributed by atoms with Crippen LogP contribution in [0.15, 0.2) is 53.1 Å². The van der Waals surface area contributed by atoms with Crippen molar-refractivity contribution in [2.75, 3.05) is 6.61 Å². The van der Waals surface area contributed by atoms with Crippen LogP contribution in [0.4, 0.5) is 13.2 Å². The predicted octanol–water partition coefficient (Wildman–Crippen LogP) is 2.62. The SMILES string of the molecule is CCOC(=O)[C@@](NCc1ccco1)(NC(=O)c1ccccc1)C(F)(F)F. The van der Waals surface area contributed by atoms with Gasteiger partial charge in [-0.15, -0.1) is 0 Å². The summed E-state index contributed by atoms with van der Waals surface area (Å²) in [6.07, 6.45) is -3.89. The molecule has 1 aromatic heterocycles. The van der Waals surface area contributed by atoms with E-state index >= 15 is 0 Å². The number of amides is 1. The fraction of sp³-hybridized carbons (Fsp3) is 0.294. The molecule has 0 unspecified atom stereocenters. The van der Waals surface area contributed by atoms with Crippen LogP contribution in [0.1, 0.15) is 23.0 Å². The van der Waals surface area contributed by atoms with Gasteiger partial charge in [0, 0.05) is 5.56 Å². The summed E-state index contributed by atoms with van der Waals surface area (Å²) in [5, 5.41) is 3.78. The van der Waals surface area contributed by atoms with Crippen LogP contribution in [0.2, 0.25) is 0 Å². The largest absolute Gasteiger partial charge is 0.468 e. The van der Waals surface area contributed by atoms with E-state index in [0.717, 1.165) is 0 Å². The van der Waals surface area contributed by atoms with E-state index in [1.165, 1.54) is 49.6 Å². The summed E-state index contributed by atoms with van der Waals surface area (Å²) in [6.45, 7) is 0.616. The Kier molecular flexibility index (Phi) is 6.04. The molecular formula is C17H17F3N2O4. The van der Waals surface area contributed by atoms with Crippen LogP contribution >= 0.6 is 0 Å². The van der Waals surface area contributed by atoms with Gasteiger partial charge in [-0.2, -0.15) is 13.2 Å². The average Bonchev–Trinajstić information content (AvgIpc) is 3.11. The summed E-state index contributed by atoms with van der Waals surface area (Å²) < 4.78 is 51.1. The van der Waals surface area contributed by atoms with Crippen LogP contribution in [-0.2, 0) is 16.1 Å². The van der Waals surface area contributed by atoms with Crippen molar-refractivity contribution >= 4 is 11.9 Å². The first-order valence-electron chi connectivity index (χ1n) is 7.69. The summed E-state index contributed by atoms with van der Waals surface area (Å²) in [7, 11) is 0. The zero-order valence-electron chi connectivity index (χ0n) is 13.8. The number of esters is 1. The van der Waals surface area contributed by atoms with E-state index in [0.29, 0.717) is 0 Å². The van der Waals surface area contributed by atoms with Gasteiger partial charge in [0.15, 0.2) is 0 Å². The van der Waals surface area contributed by atoms with E-state index in [-0.39, 0.29) is 17.9 Å². The summed E-state index contributed by atoms with van der Waals surface area (Å²) >= 11 is 0. The molecular weight excluding hydrogens is 353 g/mol. The molecule has 140 valence electrons. The van der Waals surface area contributed by atoms with E-state index in [2.05, 4.69) is 4.74 Å². The Morgan fingerprint density at radius 2 is 1.81 bits per heavy atom. The number of ether oxygens (including phenoxy) is 1. The topological polar surface area (TPSA) is 80.6 Å². The Morgan fingerprint density at radius 1 is 1.12 bits per heavy atom. The predicted molar refractivity (Wildman–Crippen MR) is 84.9 cm³/mol. The molecule has 0 aliphatic rings. The van der Waals surface area contributed by atoms with Crippen molar-refractivity contribution in [2.45, 2.75) is 25.3 Å². The normalized spacial score (nSPS) is 13.7. The zero-order chi connectivity index (χ0) is 19.2. The number of rotatable bonds is 7. The minimum absolute atomic E-state index is 0.0368. The van der Waals surface area contributed by atoms with Gasteiger partial charge in [0.05, 0.1) is 19.4 Å². The lowest BCUT2D eigenvalue weighted by atomic mass is 10.1. The van der Waals surface area contributed by atoms with Crippen molar-refractivity contribution in [3.05, 3.63) is 60.1 Å². The molecule has 0 radical (unpaired) electrons. The third kappa shape index (κ3) is 4.23. The number of nitrogens with one attached hydrogen (secondary N) is 2. The first-order valence-corrected chi connectivity index (χ1v) is 7.69. The molecule has 0 aliphatic heterocycles. The van der Waals surface area contributed by atoms with Gasteiger partial charge in [-0.1, -0.05) is 18.2 Å². The summed E-state index contributed by atoms with van der Waals surface area (Å²) in [4.78, 5) is 24.5. The maximum atomic E-state index is 13.8. The fourth-order valence-corrected chi connectivity index (χ4v) is 2.16. The summed E-state index contributed by atoms with van der Waals surface area (Å²) in [5.41, 5.74) is -3.46. The lowest BCUT2D eigenvalue weighted by Gasteiger charge is -2.34. The Morgan fingerprint density at radius 3 is 2.35 bits per heavy atom. The van der Waals surface area contributed by atoms with E-state index < -0.39 is 30.3 Å². The molecule has 0 spiro atoms. The maximum absolute atomic E-state index is 13.8. The van der Waals surface area contributed by atoms with Crippen LogP contribution in [0.5, 0.6) is 0 Å². The number of benzene rings is 1. The monoisotopic (exact) mass is 370 g/mol. The van der Waals surface area contributed by atoms with Crippen LogP contribution < -0.4 is 10.6 Å². The summed E-state index contributed by atoms with van der Waals surface area (Å²) in [5.74, 6) is -2.59. The van der Waals surface area contributed by atoms with E-state index in [9.17, 15) is 22.8 Å². The van der Waals surface area contributed by atoms with Crippen molar-refractivity contribution in [1.82, 2.24) is 10.6 Å². The molecule has 0 aliphatic carbocycles. The van der Waals surface area contributed by atoms with Crippen molar-refractivity contribution in [1.29, 1.82) is 0 Å². The highest BCUT2D eigenvalue weighted by molar-refractivity contribution is 5.98. The molecule has 1 aromatic carbocycles. The summed E-state index contributed by atoms with van der Waals surface area (Å²) in [6, 6.07) is 10.2. The smallest absolute Gasteiger partial charge is 0.436 e. The second kappa shape index (κ2) is 8.05. The van der Waals surface area contributed by atoms with Crippen molar-refractivity contribution in [3.8, 4) is 0 Å². The number of alkyl halides is 3. The third-order valence-corrected chi connectivity index (χ3v) is 3.45. The molecule has 6 nitrogen and oxygen atoms in total. The van der Waals surface area contributed by atoms with Gasteiger partial charge in [0.25, 0.3) is 11.6 Å². The van der Waals surface area contributed by atoms with E-state index in [1.807, 2.05) is 5.32 Å². The van der Waals surface area contributed by atoms with Crippen molar-refractivity contribution in [3.63, 3.8) is 0 Å². The lowest BCUT2D eigenvalue weighted by Crippen LogP contribution is -2.72. The fourth-order valence-electron chi connectivity index (χ4n) is 2.16. The highest BCUT2D eigenvalue weighted by atomic mass is 19.4. The molecule has 0 fully saturated rings. The average molecular weight is 370 g/mol. The minimum atomic E-state index is -5.17. The molecule has 0 saturated carbocycles. The molecule has 2 aromatic rings. The Balaban J connectivity index is 2.36. The first kappa shape index (κ1) is 19.5. The van der Waals surface area contributed by atoms with Gasteiger partial charge in [-0.05, 0) is 31.2 Å². The van der Waals surface area contributed by atoms with Gasteiger partial charge in [-0.3, -0.25) is 10.1 Å². The second-order valence-electron chi connectivity index (χ2n) is 5.22. The number of halogens is 3. The van der Waals surface area contributed by atoms with Gasteiger partial charge in [-0.25, -0.2) is 4.79 Å². The van der Waals surface area contributed by atoms with Gasteiger partial charge in [0.2, 0.25) is 0 Å². The lowest BCUT2D eigenvalue weighted by molar-refractivity contribution is -0.219. The van der Waals surface area contributed by atoms with Crippen LogP contribution in [-0.4, -0.2) is 30.3 Å². The van der Waals surface area contributed by atoms with Crippen LogP contribution in [0.3, 0.4) is 0 Å². The van der Waals surface area contributed by atoms with Crippen molar-refractivity contribution < 1.29 is 31.9 Å². The molecule has 1 heterocycles. The molecule has 2 N–H and O–H groups in total. The van der Waals surface area contributed by atoms with E-state index in [1.54, 1.807) is 11.4 Å². The maximum Gasteiger partial charge on any atom is 0.436 e. The highest BCUT2D eigenvalue weighted by Crippen LogP contribution is 2.30. The molecule has 9 heteroatoms. The second-order valence-corrected chi connectivity index (χ2v) is 5.22. The highest BCUT2D eigenvalue weighted by Gasteiger charge is 2.63. The minimum Gasteiger partial charge on any atom is -0.468 e. The van der Waals surface area contributed by atoms with Gasteiger partial charge >= 0.3 is 12.1 Å². The number of hydrogen-bond donors (Lipinski definition) is 2. The molecule has 0 bridgehead atoms. The van der Waals surface area contributed by atoms with E-state index in [4.69, 9.17) is 4.42 Å². The molecule has 1 amide bonds. The number of carbonyl (C=O) groups excluding carboxylic acids is 2. The Labute approximate surface area is 147 Å². The van der Waals surface area contributed by atoms with Crippen LogP contribution in [0.25, 0.3) is 0 Å². The van der Waals surface area contributed by atoms with Crippen LogP contribution in [0, 0.1) is 0 Å². The molecule has 0 saturated heterocycles. The van der Waals surface area contributed by atoms with Crippen molar-refractivity contribution in [2.24, 2.45) is 0 Å². The Hall–Kier alpha value is -2.81.